The van der Waals surface area contributed by atoms with Crippen LogP contribution in [0.4, 0.5) is 0 Å². The van der Waals surface area contributed by atoms with E-state index in [1.54, 1.807) is 16.3 Å². The van der Waals surface area contributed by atoms with Gasteiger partial charge >= 0.3 is 0 Å². The van der Waals surface area contributed by atoms with Crippen molar-refractivity contribution in [2.24, 2.45) is 7.05 Å². The van der Waals surface area contributed by atoms with Crippen LogP contribution in [0.5, 0.6) is 0 Å². The first kappa shape index (κ1) is 14.0. The maximum atomic E-state index is 10.9. The second-order valence-electron chi connectivity index (χ2n) is 4.06. The van der Waals surface area contributed by atoms with Crippen LogP contribution in [-0.2, 0) is 23.6 Å². The predicted molar refractivity (Wildman–Crippen MR) is 72.1 cm³/mol. The Morgan fingerprint density at radius 3 is 2.58 bits per heavy atom. The van der Waals surface area contributed by atoms with Crippen LogP contribution >= 0.6 is 12.6 Å². The van der Waals surface area contributed by atoms with Crippen molar-refractivity contribution < 1.29 is 17.7 Å². The van der Waals surface area contributed by atoms with E-state index in [4.69, 9.17) is 4.55 Å². The number of benzene rings is 1. The van der Waals surface area contributed by atoms with Gasteiger partial charge in [0.05, 0.1) is 19.2 Å². The Balaban J connectivity index is 2.42. The highest BCUT2D eigenvalue weighted by Crippen LogP contribution is 2.07. The smallest absolute Gasteiger partial charge is 0.286 e. The van der Waals surface area contributed by atoms with E-state index in [0.29, 0.717) is 11.0 Å². The van der Waals surface area contributed by atoms with Gasteiger partial charge in [-0.3, -0.25) is 4.55 Å². The third-order valence-electron chi connectivity index (χ3n) is 2.71. The first-order valence-corrected chi connectivity index (χ1v) is 7.61. The van der Waals surface area contributed by atoms with Gasteiger partial charge in [0, 0.05) is 0 Å². The summed E-state index contributed by atoms with van der Waals surface area (Å²) >= 11 is 4.22. The molecule has 1 N–H and O–H groups in total. The summed E-state index contributed by atoms with van der Waals surface area (Å²) in [6.07, 6.45) is 0.151. The molecule has 0 atom stereocenters. The van der Waals surface area contributed by atoms with Crippen molar-refractivity contribution in [3.05, 3.63) is 36.2 Å². The van der Waals surface area contributed by atoms with Crippen molar-refractivity contribution >= 4 is 22.7 Å². The van der Waals surface area contributed by atoms with Gasteiger partial charge < -0.3 is 0 Å². The Morgan fingerprint density at radius 1 is 1.37 bits per heavy atom. The standard InChI is InChI=1S/C11H13N3O3S2/c1-13-10(7-8-19(15,16)17)14(12-11(13)18)9-5-3-2-4-6-9/h2-6H,7-8H2,1H3,(H-,12,15,16,17,18)/p+1. The molecule has 0 saturated heterocycles. The molecule has 0 fully saturated rings. The van der Waals surface area contributed by atoms with Crippen molar-refractivity contribution in [2.45, 2.75) is 11.6 Å². The van der Waals surface area contributed by atoms with Crippen LogP contribution in [0.3, 0.4) is 0 Å². The molecule has 2 aromatic rings. The molecule has 0 aliphatic rings. The fourth-order valence-electron chi connectivity index (χ4n) is 1.74. The van der Waals surface area contributed by atoms with Crippen LogP contribution < -0.4 is 4.68 Å². The summed E-state index contributed by atoms with van der Waals surface area (Å²) in [5.41, 5.74) is 0.809. The SMILES string of the molecule is Cn1c(S)n[n+](-c2ccccc2)c1CCS(=O)(=O)O. The van der Waals surface area contributed by atoms with E-state index >= 15 is 0 Å². The molecule has 2 rings (SSSR count). The molecule has 6 nitrogen and oxygen atoms in total. The molecule has 1 aromatic carbocycles. The molecular weight excluding hydrogens is 286 g/mol. The average Bonchev–Trinajstić information content (AvgIpc) is 2.64. The maximum absolute atomic E-state index is 10.9. The Hall–Kier alpha value is -1.38. The summed E-state index contributed by atoms with van der Waals surface area (Å²) < 4.78 is 33.9. The molecule has 0 aliphatic carbocycles. The number of hydrogen-bond acceptors (Lipinski definition) is 4. The molecule has 1 heterocycles. The monoisotopic (exact) mass is 300 g/mol. The van der Waals surface area contributed by atoms with Crippen molar-refractivity contribution in [2.75, 3.05) is 5.75 Å². The largest absolute Gasteiger partial charge is 0.292 e. The normalized spacial score (nSPS) is 11.7. The molecule has 0 spiro atoms. The molecule has 19 heavy (non-hydrogen) atoms. The average molecular weight is 300 g/mol. The highest BCUT2D eigenvalue weighted by atomic mass is 32.2. The lowest BCUT2D eigenvalue weighted by atomic mass is 10.3. The molecule has 1 aromatic heterocycles. The summed E-state index contributed by atoms with van der Waals surface area (Å²) in [6.45, 7) is 0. The third kappa shape index (κ3) is 3.34. The number of hydrogen-bond donors (Lipinski definition) is 2. The second kappa shape index (κ2) is 5.32. The lowest BCUT2D eigenvalue weighted by molar-refractivity contribution is -0.667. The summed E-state index contributed by atoms with van der Waals surface area (Å²) in [7, 11) is -2.26. The zero-order valence-electron chi connectivity index (χ0n) is 10.3. The summed E-state index contributed by atoms with van der Waals surface area (Å²) in [6, 6.07) is 9.32. The Morgan fingerprint density at radius 2 is 2.00 bits per heavy atom. The van der Waals surface area contributed by atoms with Crippen LogP contribution in [0.2, 0.25) is 0 Å². The van der Waals surface area contributed by atoms with E-state index in [1.807, 2.05) is 30.3 Å². The van der Waals surface area contributed by atoms with Gasteiger partial charge in [-0.25, -0.2) is 4.57 Å². The fraction of sp³-hybridized carbons (Fsp3) is 0.273. The first-order valence-electron chi connectivity index (χ1n) is 5.56. The number of thiol groups is 1. The van der Waals surface area contributed by atoms with Gasteiger partial charge in [0.2, 0.25) is 0 Å². The van der Waals surface area contributed by atoms with Gasteiger partial charge in [-0.2, -0.15) is 8.42 Å². The third-order valence-corrected chi connectivity index (χ3v) is 3.81. The minimum atomic E-state index is -4.01. The van der Waals surface area contributed by atoms with Gasteiger partial charge in [-0.15, -0.1) is 0 Å². The topological polar surface area (TPSA) is 76.1 Å². The number of aromatic nitrogens is 3. The number of rotatable bonds is 4. The molecule has 0 radical (unpaired) electrons. The van der Waals surface area contributed by atoms with Crippen LogP contribution in [0, 0.1) is 0 Å². The minimum absolute atomic E-state index is 0.151. The molecule has 0 saturated carbocycles. The zero-order valence-corrected chi connectivity index (χ0v) is 12.0. The van der Waals surface area contributed by atoms with Crippen LogP contribution in [0.1, 0.15) is 5.82 Å². The van der Waals surface area contributed by atoms with Crippen molar-refractivity contribution in [3.8, 4) is 5.69 Å². The van der Waals surface area contributed by atoms with Crippen LogP contribution in [-0.4, -0.2) is 28.4 Å². The highest BCUT2D eigenvalue weighted by Gasteiger charge is 2.24. The Bertz CT molecular complexity index is 681. The molecule has 102 valence electrons. The van der Waals surface area contributed by atoms with Gasteiger partial charge in [0.25, 0.3) is 21.1 Å². The summed E-state index contributed by atoms with van der Waals surface area (Å²) in [4.78, 5) is 0. The molecule has 0 amide bonds. The van der Waals surface area contributed by atoms with Crippen LogP contribution in [0.25, 0.3) is 5.69 Å². The first-order chi connectivity index (χ1) is 8.88. The fourth-order valence-corrected chi connectivity index (χ4v) is 2.39. The number of para-hydroxylation sites is 1. The Kier molecular flexibility index (Phi) is 3.93. The Labute approximate surface area is 116 Å². The van der Waals surface area contributed by atoms with E-state index in [1.165, 1.54) is 0 Å². The lowest BCUT2D eigenvalue weighted by Crippen LogP contribution is -2.38. The maximum Gasteiger partial charge on any atom is 0.292 e. The minimum Gasteiger partial charge on any atom is -0.286 e. The molecule has 0 bridgehead atoms. The van der Waals surface area contributed by atoms with Gasteiger partial charge in [0.1, 0.15) is 0 Å². The summed E-state index contributed by atoms with van der Waals surface area (Å²) in [5.74, 6) is 0.292. The highest BCUT2D eigenvalue weighted by molar-refractivity contribution is 7.85. The van der Waals surface area contributed by atoms with Crippen LogP contribution in [0.15, 0.2) is 35.5 Å². The van der Waals surface area contributed by atoms with E-state index in [0.717, 1.165) is 5.69 Å². The quantitative estimate of drug-likeness (QED) is 0.487. The molecule has 8 heteroatoms. The predicted octanol–water partition coefficient (Wildman–Crippen LogP) is 0.416. The van der Waals surface area contributed by atoms with Gasteiger partial charge in [-0.1, -0.05) is 35.5 Å². The summed E-state index contributed by atoms with van der Waals surface area (Å²) in [5, 5.41) is 4.72. The molecular formula is C11H14N3O3S2+. The van der Waals surface area contributed by atoms with Gasteiger partial charge in [-0.05, 0) is 17.2 Å². The van der Waals surface area contributed by atoms with E-state index in [9.17, 15) is 8.42 Å². The van der Waals surface area contributed by atoms with E-state index in [2.05, 4.69) is 17.7 Å². The van der Waals surface area contributed by atoms with Crippen molar-refractivity contribution in [1.82, 2.24) is 9.67 Å². The molecule has 0 aliphatic heterocycles. The van der Waals surface area contributed by atoms with E-state index in [-0.39, 0.29) is 12.2 Å². The molecule has 0 unspecified atom stereocenters. The van der Waals surface area contributed by atoms with E-state index < -0.39 is 10.1 Å². The second-order valence-corrected chi connectivity index (χ2v) is 6.03. The van der Waals surface area contributed by atoms with Crippen molar-refractivity contribution in [1.29, 1.82) is 0 Å². The zero-order chi connectivity index (χ0) is 14.0. The van der Waals surface area contributed by atoms with Gasteiger partial charge in [0.15, 0.2) is 5.69 Å². The van der Waals surface area contributed by atoms with Crippen molar-refractivity contribution in [3.63, 3.8) is 0 Å². The number of nitrogens with zero attached hydrogens (tertiary/aromatic N) is 3. The lowest BCUT2D eigenvalue weighted by Gasteiger charge is -1.99.